The Morgan fingerprint density at radius 2 is 2.00 bits per heavy atom. The van der Waals surface area contributed by atoms with Crippen molar-refractivity contribution in [2.75, 3.05) is 10.7 Å². The molecule has 0 aliphatic rings. The van der Waals surface area contributed by atoms with Crippen LogP contribution in [0.2, 0.25) is 0 Å². The number of nitrogen functional groups attached to an aromatic ring is 1. The number of aromatic nitrogens is 2. The predicted octanol–water partition coefficient (Wildman–Crippen LogP) is 2.91. The summed E-state index contributed by atoms with van der Waals surface area (Å²) in [6, 6.07) is 5.99. The Morgan fingerprint density at radius 3 is 2.62 bits per heavy atom. The maximum Gasteiger partial charge on any atom is 0.145 e. The second-order valence-electron chi connectivity index (χ2n) is 5.46. The van der Waals surface area contributed by atoms with Crippen LogP contribution in [0.25, 0.3) is 0 Å². The highest BCUT2D eigenvalue weighted by molar-refractivity contribution is 5.47. The lowest BCUT2D eigenvalue weighted by atomic mass is 10.1. The van der Waals surface area contributed by atoms with Crippen molar-refractivity contribution in [3.63, 3.8) is 0 Å². The highest BCUT2D eigenvalue weighted by Crippen LogP contribution is 2.18. The van der Waals surface area contributed by atoms with Crippen LogP contribution in [-0.4, -0.2) is 16.0 Å². The summed E-state index contributed by atoms with van der Waals surface area (Å²) >= 11 is 0. The van der Waals surface area contributed by atoms with Crippen LogP contribution in [0, 0.1) is 0 Å². The molecular formula is C15H23N5O. The minimum atomic E-state index is 0.247. The van der Waals surface area contributed by atoms with Gasteiger partial charge in [0.1, 0.15) is 23.2 Å². The maximum absolute atomic E-state index is 5.46. The van der Waals surface area contributed by atoms with Crippen molar-refractivity contribution >= 4 is 11.6 Å². The molecule has 21 heavy (non-hydrogen) atoms. The van der Waals surface area contributed by atoms with Crippen LogP contribution >= 0.6 is 0 Å². The van der Waals surface area contributed by atoms with E-state index >= 15 is 0 Å². The second kappa shape index (κ2) is 7.08. The van der Waals surface area contributed by atoms with Gasteiger partial charge in [0.25, 0.3) is 0 Å². The fourth-order valence-corrected chi connectivity index (χ4v) is 2.01. The standard InChI is InChI=1S/C15H23N5O/c1-10(2)15-18-13(9-14(19-15)20-16)17-11(3)6-7-12-5-4-8-21-12/h4-5,8-11H,6-7,16H2,1-3H3,(H2,17,18,19,20). The van der Waals surface area contributed by atoms with E-state index in [0.29, 0.717) is 5.82 Å². The molecule has 0 aromatic carbocycles. The third-order valence-corrected chi connectivity index (χ3v) is 3.21. The fourth-order valence-electron chi connectivity index (χ4n) is 2.01. The molecule has 2 aromatic heterocycles. The van der Waals surface area contributed by atoms with E-state index in [4.69, 9.17) is 10.3 Å². The quantitative estimate of drug-likeness (QED) is 0.536. The first-order chi connectivity index (χ1) is 10.1. The van der Waals surface area contributed by atoms with Gasteiger partial charge in [-0.25, -0.2) is 15.8 Å². The van der Waals surface area contributed by atoms with Crippen LogP contribution in [0.1, 0.15) is 44.7 Å². The molecule has 0 amide bonds. The number of aryl methyl sites for hydroxylation is 1. The summed E-state index contributed by atoms with van der Waals surface area (Å²) in [5, 5.41) is 3.39. The van der Waals surface area contributed by atoms with Gasteiger partial charge in [0, 0.05) is 24.4 Å². The molecule has 0 radical (unpaired) electrons. The zero-order valence-corrected chi connectivity index (χ0v) is 12.8. The van der Waals surface area contributed by atoms with E-state index in [1.165, 1.54) is 0 Å². The number of anilines is 2. The van der Waals surface area contributed by atoms with Gasteiger partial charge in [-0.2, -0.15) is 0 Å². The summed E-state index contributed by atoms with van der Waals surface area (Å²) in [4.78, 5) is 8.87. The second-order valence-corrected chi connectivity index (χ2v) is 5.46. The number of furan rings is 1. The number of hydrazine groups is 1. The summed E-state index contributed by atoms with van der Waals surface area (Å²) in [6.45, 7) is 6.23. The zero-order valence-electron chi connectivity index (χ0n) is 12.8. The Balaban J connectivity index is 1.99. The number of hydrogen-bond donors (Lipinski definition) is 3. The van der Waals surface area contributed by atoms with Gasteiger partial charge in [-0.1, -0.05) is 13.8 Å². The molecule has 2 aromatic rings. The first kappa shape index (κ1) is 15.3. The lowest BCUT2D eigenvalue weighted by molar-refractivity contribution is 0.494. The average Bonchev–Trinajstić information content (AvgIpc) is 2.98. The molecule has 0 aliphatic heterocycles. The van der Waals surface area contributed by atoms with Crippen molar-refractivity contribution in [1.82, 2.24) is 9.97 Å². The van der Waals surface area contributed by atoms with Gasteiger partial charge in [-0.3, -0.25) is 0 Å². The van der Waals surface area contributed by atoms with Crippen LogP contribution in [0.15, 0.2) is 28.9 Å². The lowest BCUT2D eigenvalue weighted by Crippen LogP contribution is -2.19. The molecule has 1 atom stereocenters. The van der Waals surface area contributed by atoms with Crippen molar-refractivity contribution in [3.8, 4) is 0 Å². The van der Waals surface area contributed by atoms with E-state index in [0.717, 1.165) is 30.2 Å². The maximum atomic E-state index is 5.46. The van der Waals surface area contributed by atoms with Crippen LogP contribution in [0.5, 0.6) is 0 Å². The van der Waals surface area contributed by atoms with Crippen molar-refractivity contribution in [2.45, 2.75) is 45.6 Å². The molecule has 0 saturated carbocycles. The van der Waals surface area contributed by atoms with Crippen LogP contribution in [-0.2, 0) is 6.42 Å². The van der Waals surface area contributed by atoms with Crippen molar-refractivity contribution in [1.29, 1.82) is 0 Å². The summed E-state index contributed by atoms with van der Waals surface area (Å²) in [6.07, 6.45) is 3.55. The smallest absolute Gasteiger partial charge is 0.145 e. The normalized spacial score (nSPS) is 12.4. The van der Waals surface area contributed by atoms with E-state index in [1.807, 2.05) is 18.2 Å². The topological polar surface area (TPSA) is 89.0 Å². The summed E-state index contributed by atoms with van der Waals surface area (Å²) in [5.41, 5.74) is 2.58. The third kappa shape index (κ3) is 4.46. The number of rotatable bonds is 7. The first-order valence-corrected chi connectivity index (χ1v) is 7.23. The van der Waals surface area contributed by atoms with E-state index in [1.54, 1.807) is 6.26 Å². The highest BCUT2D eigenvalue weighted by Gasteiger charge is 2.10. The molecule has 0 fully saturated rings. The number of nitrogens with one attached hydrogen (secondary N) is 2. The van der Waals surface area contributed by atoms with E-state index < -0.39 is 0 Å². The Morgan fingerprint density at radius 1 is 1.24 bits per heavy atom. The molecule has 2 rings (SSSR count). The third-order valence-electron chi connectivity index (χ3n) is 3.21. The van der Waals surface area contributed by atoms with E-state index in [-0.39, 0.29) is 12.0 Å². The van der Waals surface area contributed by atoms with E-state index in [9.17, 15) is 0 Å². The first-order valence-electron chi connectivity index (χ1n) is 7.23. The highest BCUT2D eigenvalue weighted by atomic mass is 16.3. The fraction of sp³-hybridized carbons (Fsp3) is 0.467. The number of nitrogens with zero attached hydrogens (tertiary/aromatic N) is 2. The minimum absolute atomic E-state index is 0.247. The summed E-state index contributed by atoms with van der Waals surface area (Å²) in [7, 11) is 0. The minimum Gasteiger partial charge on any atom is -0.469 e. The van der Waals surface area contributed by atoms with Crippen molar-refractivity contribution in [2.24, 2.45) is 5.84 Å². The molecule has 0 aliphatic carbocycles. The Hall–Kier alpha value is -2.08. The van der Waals surface area contributed by atoms with Gasteiger partial charge in [-0.15, -0.1) is 0 Å². The van der Waals surface area contributed by atoms with Crippen molar-refractivity contribution in [3.05, 3.63) is 36.0 Å². The van der Waals surface area contributed by atoms with Crippen molar-refractivity contribution < 1.29 is 4.42 Å². The van der Waals surface area contributed by atoms with Crippen LogP contribution < -0.4 is 16.6 Å². The van der Waals surface area contributed by atoms with Gasteiger partial charge in [0.2, 0.25) is 0 Å². The van der Waals surface area contributed by atoms with Gasteiger partial charge in [0.05, 0.1) is 6.26 Å². The van der Waals surface area contributed by atoms with Crippen LogP contribution in [0.4, 0.5) is 11.6 Å². The Labute approximate surface area is 125 Å². The van der Waals surface area contributed by atoms with Gasteiger partial charge < -0.3 is 15.2 Å². The zero-order chi connectivity index (χ0) is 15.2. The van der Waals surface area contributed by atoms with Gasteiger partial charge in [0.15, 0.2) is 0 Å². The van der Waals surface area contributed by atoms with Gasteiger partial charge in [-0.05, 0) is 25.5 Å². The molecule has 2 heterocycles. The molecule has 6 heteroatoms. The monoisotopic (exact) mass is 289 g/mol. The molecule has 114 valence electrons. The molecule has 4 N–H and O–H groups in total. The largest absolute Gasteiger partial charge is 0.469 e. The lowest BCUT2D eigenvalue weighted by Gasteiger charge is -2.16. The SMILES string of the molecule is CC(CCc1ccco1)Nc1cc(NN)nc(C(C)C)n1. The Bertz CT molecular complexity index is 553. The average molecular weight is 289 g/mol. The van der Waals surface area contributed by atoms with Gasteiger partial charge >= 0.3 is 0 Å². The van der Waals surface area contributed by atoms with Crippen LogP contribution in [0.3, 0.4) is 0 Å². The molecule has 1 unspecified atom stereocenters. The predicted molar refractivity (Wildman–Crippen MR) is 84.0 cm³/mol. The Kier molecular flexibility index (Phi) is 5.16. The molecular weight excluding hydrogens is 266 g/mol. The number of nitrogens with two attached hydrogens (primary N) is 1. The van der Waals surface area contributed by atoms with E-state index in [2.05, 4.69) is 41.5 Å². The molecule has 0 bridgehead atoms. The molecule has 0 saturated heterocycles. The number of hydrogen-bond acceptors (Lipinski definition) is 6. The summed E-state index contributed by atoms with van der Waals surface area (Å²) < 4.78 is 5.34. The molecule has 0 spiro atoms. The summed E-state index contributed by atoms with van der Waals surface area (Å²) in [5.74, 6) is 8.88. The molecule has 6 nitrogen and oxygen atoms in total.